The third kappa shape index (κ3) is 1.22. The fourth-order valence-electron chi connectivity index (χ4n) is 0.959. The van der Waals surface area contributed by atoms with Crippen molar-refractivity contribution in [1.29, 1.82) is 0 Å². The average molecular weight is 134 g/mol. The molecule has 9 heavy (non-hydrogen) atoms. The second-order valence-electron chi connectivity index (χ2n) is 2.45. The second-order valence-corrected chi connectivity index (χ2v) is 2.45. The van der Waals surface area contributed by atoms with E-state index in [0.29, 0.717) is 0 Å². The van der Waals surface area contributed by atoms with Gasteiger partial charge in [-0.25, -0.2) is 4.39 Å². The molecule has 2 nitrogen and oxygen atoms in total. The molecule has 0 aliphatic carbocycles. The summed E-state index contributed by atoms with van der Waals surface area (Å²) in [7, 11) is 0. The predicted molar refractivity (Wildman–Crippen MR) is 30.9 cm³/mol. The first-order valence-electron chi connectivity index (χ1n) is 3.11. The highest BCUT2D eigenvalue weighted by atomic mass is 19.1. The lowest BCUT2D eigenvalue weighted by molar-refractivity contribution is 0.0689. The number of aliphatic hydroxyl groups excluding tert-OH is 1. The van der Waals surface area contributed by atoms with Gasteiger partial charge in [-0.05, 0) is 0 Å². The van der Waals surface area contributed by atoms with E-state index in [4.69, 9.17) is 9.84 Å². The summed E-state index contributed by atoms with van der Waals surface area (Å²) in [5, 5.41) is 9.01. The van der Waals surface area contributed by atoms with Gasteiger partial charge >= 0.3 is 0 Å². The Morgan fingerprint density at radius 3 is 2.67 bits per heavy atom. The molecular formula is C6H11FO2. The van der Waals surface area contributed by atoms with Crippen LogP contribution in [0.15, 0.2) is 0 Å². The van der Waals surface area contributed by atoms with E-state index in [1.54, 1.807) is 6.92 Å². The predicted octanol–water partition coefficient (Wildman–Crippen LogP) is 0.352. The van der Waals surface area contributed by atoms with Crippen LogP contribution < -0.4 is 0 Å². The SMILES string of the molecule is CC1C(O)COC1CF. The monoisotopic (exact) mass is 134 g/mol. The van der Waals surface area contributed by atoms with Crippen LogP contribution >= 0.6 is 0 Å². The Labute approximate surface area is 53.6 Å². The number of aliphatic hydroxyl groups is 1. The van der Waals surface area contributed by atoms with Crippen molar-refractivity contribution in [2.45, 2.75) is 19.1 Å². The van der Waals surface area contributed by atoms with Crippen LogP contribution in [0.5, 0.6) is 0 Å². The highest BCUT2D eigenvalue weighted by Crippen LogP contribution is 2.20. The van der Waals surface area contributed by atoms with Crippen LogP contribution in [0.25, 0.3) is 0 Å². The maximum atomic E-state index is 11.9. The van der Waals surface area contributed by atoms with Crippen LogP contribution in [0.4, 0.5) is 4.39 Å². The highest BCUT2D eigenvalue weighted by Gasteiger charge is 2.31. The molecule has 1 saturated heterocycles. The first kappa shape index (κ1) is 6.96. The normalized spacial score (nSPS) is 43.7. The van der Waals surface area contributed by atoms with Gasteiger partial charge in [-0.3, -0.25) is 0 Å². The molecule has 3 unspecified atom stereocenters. The summed E-state index contributed by atoms with van der Waals surface area (Å²) in [5.74, 6) is -0.0463. The molecule has 3 heteroatoms. The lowest BCUT2D eigenvalue weighted by atomic mass is 10.0. The average Bonchev–Trinajstić information content (AvgIpc) is 2.15. The van der Waals surface area contributed by atoms with Crippen molar-refractivity contribution in [2.24, 2.45) is 5.92 Å². The van der Waals surface area contributed by atoms with Gasteiger partial charge in [-0.2, -0.15) is 0 Å². The largest absolute Gasteiger partial charge is 0.390 e. The summed E-state index contributed by atoms with van der Waals surface area (Å²) in [6, 6.07) is 0. The molecule has 0 spiro atoms. The number of hydrogen-bond donors (Lipinski definition) is 1. The molecule has 1 N–H and O–H groups in total. The van der Waals surface area contributed by atoms with Crippen LogP contribution in [0, 0.1) is 5.92 Å². The minimum absolute atomic E-state index is 0.0463. The topological polar surface area (TPSA) is 29.5 Å². The second kappa shape index (κ2) is 2.62. The van der Waals surface area contributed by atoms with Crippen molar-refractivity contribution in [3.05, 3.63) is 0 Å². The lowest BCUT2D eigenvalue weighted by Crippen LogP contribution is -2.21. The Morgan fingerprint density at radius 1 is 1.78 bits per heavy atom. The Hall–Kier alpha value is -0.150. The summed E-state index contributed by atoms with van der Waals surface area (Å²) >= 11 is 0. The molecule has 1 rings (SSSR count). The van der Waals surface area contributed by atoms with Crippen molar-refractivity contribution in [3.8, 4) is 0 Å². The van der Waals surface area contributed by atoms with Gasteiger partial charge in [-0.15, -0.1) is 0 Å². The molecule has 0 aromatic carbocycles. The lowest BCUT2D eigenvalue weighted by Gasteiger charge is -2.10. The first-order chi connectivity index (χ1) is 4.25. The minimum atomic E-state index is -0.488. The van der Waals surface area contributed by atoms with Crippen molar-refractivity contribution in [3.63, 3.8) is 0 Å². The van der Waals surface area contributed by atoms with Crippen molar-refractivity contribution in [2.75, 3.05) is 13.3 Å². The van der Waals surface area contributed by atoms with Gasteiger partial charge in [0, 0.05) is 5.92 Å². The van der Waals surface area contributed by atoms with Gasteiger partial charge in [0.2, 0.25) is 0 Å². The molecular weight excluding hydrogens is 123 g/mol. The van der Waals surface area contributed by atoms with Gasteiger partial charge in [-0.1, -0.05) is 6.92 Å². The summed E-state index contributed by atoms with van der Waals surface area (Å²) in [6.07, 6.45) is -0.842. The standard InChI is InChI=1S/C6H11FO2/c1-4-5(8)3-9-6(4)2-7/h4-6,8H,2-3H2,1H3. The van der Waals surface area contributed by atoms with Crippen LogP contribution in [0.3, 0.4) is 0 Å². The van der Waals surface area contributed by atoms with Crippen molar-refractivity contribution < 1.29 is 14.2 Å². The van der Waals surface area contributed by atoms with Crippen LogP contribution in [0.1, 0.15) is 6.92 Å². The molecule has 0 aromatic heterocycles. The van der Waals surface area contributed by atoms with E-state index in [0.717, 1.165) is 0 Å². The van der Waals surface area contributed by atoms with E-state index in [2.05, 4.69) is 0 Å². The van der Waals surface area contributed by atoms with E-state index in [-0.39, 0.29) is 18.6 Å². The minimum Gasteiger partial charge on any atom is -0.390 e. The van der Waals surface area contributed by atoms with Crippen molar-refractivity contribution >= 4 is 0 Å². The summed E-state index contributed by atoms with van der Waals surface area (Å²) in [6.45, 7) is 1.59. The smallest absolute Gasteiger partial charge is 0.116 e. The first-order valence-corrected chi connectivity index (χ1v) is 3.11. The summed E-state index contributed by atoms with van der Waals surface area (Å²) in [5.41, 5.74) is 0. The van der Waals surface area contributed by atoms with Crippen LogP contribution in [-0.4, -0.2) is 30.6 Å². The van der Waals surface area contributed by atoms with E-state index in [9.17, 15) is 4.39 Å². The van der Waals surface area contributed by atoms with Crippen LogP contribution in [0.2, 0.25) is 0 Å². The molecule has 1 aliphatic rings. The van der Waals surface area contributed by atoms with E-state index >= 15 is 0 Å². The number of ether oxygens (including phenoxy) is 1. The zero-order chi connectivity index (χ0) is 6.85. The molecule has 3 atom stereocenters. The highest BCUT2D eigenvalue weighted by molar-refractivity contribution is 4.79. The molecule has 0 radical (unpaired) electrons. The zero-order valence-corrected chi connectivity index (χ0v) is 5.38. The maximum absolute atomic E-state index is 11.9. The van der Waals surface area contributed by atoms with Gasteiger partial charge in [0.15, 0.2) is 0 Å². The molecule has 1 aliphatic heterocycles. The Bertz CT molecular complexity index is 97.1. The number of rotatable bonds is 1. The number of halogens is 1. The van der Waals surface area contributed by atoms with Gasteiger partial charge < -0.3 is 9.84 Å². The van der Waals surface area contributed by atoms with E-state index in [1.807, 2.05) is 0 Å². The quantitative estimate of drug-likeness (QED) is 0.560. The Balaban J connectivity index is 2.41. The molecule has 0 bridgehead atoms. The molecule has 0 amide bonds. The number of hydrogen-bond acceptors (Lipinski definition) is 2. The van der Waals surface area contributed by atoms with Gasteiger partial charge in [0.25, 0.3) is 0 Å². The molecule has 1 fully saturated rings. The fraction of sp³-hybridized carbons (Fsp3) is 1.00. The number of alkyl halides is 1. The third-order valence-electron chi connectivity index (χ3n) is 1.83. The third-order valence-corrected chi connectivity index (χ3v) is 1.83. The van der Waals surface area contributed by atoms with Crippen molar-refractivity contribution in [1.82, 2.24) is 0 Å². The summed E-state index contributed by atoms with van der Waals surface area (Å²) < 4.78 is 16.8. The zero-order valence-electron chi connectivity index (χ0n) is 5.38. The van der Waals surface area contributed by atoms with E-state index < -0.39 is 12.8 Å². The van der Waals surface area contributed by atoms with Gasteiger partial charge in [0.1, 0.15) is 6.67 Å². The van der Waals surface area contributed by atoms with E-state index in [1.165, 1.54) is 0 Å². The maximum Gasteiger partial charge on any atom is 0.116 e. The molecule has 0 saturated carbocycles. The fourth-order valence-corrected chi connectivity index (χ4v) is 0.959. The summed E-state index contributed by atoms with van der Waals surface area (Å²) in [4.78, 5) is 0. The molecule has 1 heterocycles. The Kier molecular flexibility index (Phi) is 2.03. The molecule has 0 aromatic rings. The van der Waals surface area contributed by atoms with Gasteiger partial charge in [0.05, 0.1) is 18.8 Å². The molecule has 54 valence electrons. The van der Waals surface area contributed by atoms with Crippen LogP contribution in [-0.2, 0) is 4.74 Å². The Morgan fingerprint density at radius 2 is 2.44 bits per heavy atom.